The molecule has 0 saturated heterocycles. The molecule has 4 heteroatoms. The van der Waals surface area contributed by atoms with Crippen LogP contribution in [0.5, 0.6) is 0 Å². The first-order chi connectivity index (χ1) is 8.24. The number of nitrogens with two attached hydrogens (primary N) is 1. The van der Waals surface area contributed by atoms with Crippen LogP contribution in [0.1, 0.15) is 11.6 Å². The smallest absolute Gasteiger partial charge is 0.245 e. The third-order valence-corrected chi connectivity index (χ3v) is 2.80. The largest absolute Gasteiger partial charge is 0.318 e. The first kappa shape index (κ1) is 11.4. The van der Waals surface area contributed by atoms with Gasteiger partial charge in [0.2, 0.25) is 5.91 Å². The molecule has 4 nitrogen and oxygen atoms in total. The van der Waals surface area contributed by atoms with Crippen molar-refractivity contribution < 1.29 is 4.79 Å². The van der Waals surface area contributed by atoms with Crippen LogP contribution in [0.15, 0.2) is 42.5 Å². The second-order valence-corrected chi connectivity index (χ2v) is 3.88. The summed E-state index contributed by atoms with van der Waals surface area (Å²) in [6.45, 7) is 0.456. The Labute approximate surface area is 99.9 Å². The Hall–Kier alpha value is -2.12. The van der Waals surface area contributed by atoms with Crippen molar-refractivity contribution in [1.82, 2.24) is 4.90 Å². The average Bonchev–Trinajstić information content (AvgIpc) is 2.86. The second-order valence-electron chi connectivity index (χ2n) is 3.88. The van der Waals surface area contributed by atoms with E-state index in [1.54, 1.807) is 6.08 Å². The van der Waals surface area contributed by atoms with Crippen molar-refractivity contribution >= 4 is 5.91 Å². The first-order valence-corrected chi connectivity index (χ1v) is 5.41. The average molecular weight is 227 g/mol. The second kappa shape index (κ2) is 4.81. The minimum Gasteiger partial charge on any atom is -0.318 e. The molecule has 1 unspecified atom stereocenters. The van der Waals surface area contributed by atoms with Gasteiger partial charge in [-0.05, 0) is 11.6 Å². The quantitative estimate of drug-likeness (QED) is 0.765. The Morgan fingerprint density at radius 3 is 2.82 bits per heavy atom. The van der Waals surface area contributed by atoms with Crippen LogP contribution in [0.3, 0.4) is 0 Å². The summed E-state index contributed by atoms with van der Waals surface area (Å²) in [4.78, 5) is 13.6. The maximum absolute atomic E-state index is 12.1. The minimum atomic E-state index is -0.702. The molecule has 17 heavy (non-hydrogen) atoms. The molecule has 0 bridgehead atoms. The topological polar surface area (TPSA) is 70.1 Å². The summed E-state index contributed by atoms with van der Waals surface area (Å²) >= 11 is 0. The molecule has 2 N–H and O–H groups in total. The number of amides is 1. The van der Waals surface area contributed by atoms with Gasteiger partial charge in [-0.25, -0.2) is 0 Å². The Balaban J connectivity index is 2.14. The van der Waals surface area contributed by atoms with Gasteiger partial charge in [-0.3, -0.25) is 4.79 Å². The van der Waals surface area contributed by atoms with E-state index in [1.807, 2.05) is 36.4 Å². The molecule has 0 aliphatic carbocycles. The zero-order chi connectivity index (χ0) is 12.3. The molecule has 2 rings (SSSR count). The van der Waals surface area contributed by atoms with Crippen molar-refractivity contribution in [3.8, 4) is 6.07 Å². The lowest BCUT2D eigenvalue weighted by atomic mass is 10.1. The predicted octanol–water partition coefficient (Wildman–Crippen LogP) is 0.977. The summed E-state index contributed by atoms with van der Waals surface area (Å²) in [6, 6.07) is 10.1. The normalized spacial score (nSPS) is 20.0. The number of carbonyl (C=O) groups excluding carboxylic acids is 1. The molecule has 1 aromatic rings. The van der Waals surface area contributed by atoms with Crippen LogP contribution in [0.25, 0.3) is 0 Å². The monoisotopic (exact) mass is 227 g/mol. The summed E-state index contributed by atoms with van der Waals surface area (Å²) < 4.78 is 0. The van der Waals surface area contributed by atoms with E-state index in [1.165, 1.54) is 4.90 Å². The number of rotatable bonds is 2. The van der Waals surface area contributed by atoms with Crippen molar-refractivity contribution in [2.45, 2.75) is 12.1 Å². The van der Waals surface area contributed by atoms with E-state index in [-0.39, 0.29) is 5.91 Å². The fourth-order valence-corrected chi connectivity index (χ4v) is 1.84. The van der Waals surface area contributed by atoms with Gasteiger partial charge in [-0.15, -0.1) is 0 Å². The van der Waals surface area contributed by atoms with E-state index < -0.39 is 12.1 Å². The number of nitriles is 1. The van der Waals surface area contributed by atoms with Crippen LogP contribution in [-0.2, 0) is 4.79 Å². The van der Waals surface area contributed by atoms with E-state index in [2.05, 4.69) is 6.07 Å². The molecule has 0 saturated carbocycles. The predicted molar refractivity (Wildman–Crippen MR) is 63.6 cm³/mol. The molecule has 0 radical (unpaired) electrons. The van der Waals surface area contributed by atoms with E-state index in [4.69, 9.17) is 11.0 Å². The Kier molecular flexibility index (Phi) is 3.22. The van der Waals surface area contributed by atoms with E-state index in [0.717, 1.165) is 5.56 Å². The lowest BCUT2D eigenvalue weighted by molar-refractivity contribution is -0.132. The van der Waals surface area contributed by atoms with Gasteiger partial charge in [-0.2, -0.15) is 5.26 Å². The molecule has 0 spiro atoms. The van der Waals surface area contributed by atoms with Gasteiger partial charge in [0.15, 0.2) is 0 Å². The third-order valence-electron chi connectivity index (χ3n) is 2.80. The Morgan fingerprint density at radius 1 is 1.47 bits per heavy atom. The zero-order valence-corrected chi connectivity index (χ0v) is 9.28. The molecular formula is C13H13N3O. The van der Waals surface area contributed by atoms with Crippen molar-refractivity contribution in [2.75, 3.05) is 6.54 Å². The molecule has 1 aromatic carbocycles. The molecule has 86 valence electrons. The number of carbonyl (C=O) groups is 1. The van der Waals surface area contributed by atoms with Gasteiger partial charge < -0.3 is 10.6 Å². The Bertz CT molecular complexity index is 475. The minimum absolute atomic E-state index is 0.215. The SMILES string of the molecule is N#C[C@@H]1C=CCN1C(=O)C(N)c1ccccc1. The number of benzene rings is 1. The fourth-order valence-electron chi connectivity index (χ4n) is 1.84. The molecule has 1 aliphatic rings. The van der Waals surface area contributed by atoms with Gasteiger partial charge in [0, 0.05) is 6.54 Å². The maximum Gasteiger partial charge on any atom is 0.245 e. The standard InChI is InChI=1S/C13H13N3O/c14-9-11-7-4-8-16(11)13(17)12(15)10-5-2-1-3-6-10/h1-7,11-12H,8,15H2/t11-,12?/m0/s1. The number of hydrogen-bond donors (Lipinski definition) is 1. The molecular weight excluding hydrogens is 214 g/mol. The van der Waals surface area contributed by atoms with Crippen molar-refractivity contribution in [1.29, 1.82) is 5.26 Å². The van der Waals surface area contributed by atoms with Crippen molar-refractivity contribution in [3.05, 3.63) is 48.0 Å². The van der Waals surface area contributed by atoms with Gasteiger partial charge in [0.25, 0.3) is 0 Å². The number of hydrogen-bond acceptors (Lipinski definition) is 3. The van der Waals surface area contributed by atoms with Gasteiger partial charge in [-0.1, -0.05) is 36.4 Å². The maximum atomic E-state index is 12.1. The molecule has 1 heterocycles. The highest BCUT2D eigenvalue weighted by atomic mass is 16.2. The third kappa shape index (κ3) is 2.19. The molecule has 0 fully saturated rings. The van der Waals surface area contributed by atoms with Crippen LogP contribution < -0.4 is 5.73 Å². The van der Waals surface area contributed by atoms with E-state index in [9.17, 15) is 4.79 Å². The lowest BCUT2D eigenvalue weighted by Gasteiger charge is -2.23. The van der Waals surface area contributed by atoms with Crippen LogP contribution in [0, 0.1) is 11.3 Å². The van der Waals surface area contributed by atoms with E-state index >= 15 is 0 Å². The van der Waals surface area contributed by atoms with Crippen LogP contribution in [0.2, 0.25) is 0 Å². The van der Waals surface area contributed by atoms with Crippen LogP contribution >= 0.6 is 0 Å². The van der Waals surface area contributed by atoms with E-state index in [0.29, 0.717) is 6.54 Å². The zero-order valence-electron chi connectivity index (χ0n) is 9.28. The van der Waals surface area contributed by atoms with Crippen LogP contribution in [-0.4, -0.2) is 23.4 Å². The summed E-state index contributed by atoms with van der Waals surface area (Å²) in [5.74, 6) is -0.215. The summed E-state index contributed by atoms with van der Waals surface area (Å²) in [7, 11) is 0. The van der Waals surface area contributed by atoms with Crippen molar-refractivity contribution in [2.24, 2.45) is 5.73 Å². The molecule has 1 amide bonds. The highest BCUT2D eigenvalue weighted by Crippen LogP contribution is 2.17. The fraction of sp³-hybridized carbons (Fsp3) is 0.231. The molecule has 1 aliphatic heterocycles. The van der Waals surface area contributed by atoms with Gasteiger partial charge in [0.05, 0.1) is 6.07 Å². The molecule has 2 atom stereocenters. The van der Waals surface area contributed by atoms with Crippen molar-refractivity contribution in [3.63, 3.8) is 0 Å². The summed E-state index contributed by atoms with van der Waals surface area (Å²) in [5, 5.41) is 8.90. The summed E-state index contributed by atoms with van der Waals surface area (Å²) in [5.41, 5.74) is 6.67. The summed E-state index contributed by atoms with van der Waals surface area (Å²) in [6.07, 6.45) is 3.53. The van der Waals surface area contributed by atoms with Gasteiger partial charge in [0.1, 0.15) is 12.1 Å². The van der Waals surface area contributed by atoms with Gasteiger partial charge >= 0.3 is 0 Å². The highest BCUT2D eigenvalue weighted by molar-refractivity contribution is 5.84. The highest BCUT2D eigenvalue weighted by Gasteiger charge is 2.28. The Morgan fingerprint density at radius 2 is 2.18 bits per heavy atom. The lowest BCUT2D eigenvalue weighted by Crippen LogP contribution is -2.41. The van der Waals surface area contributed by atoms with Crippen LogP contribution in [0.4, 0.5) is 0 Å². The first-order valence-electron chi connectivity index (χ1n) is 5.41. The number of nitrogens with zero attached hydrogens (tertiary/aromatic N) is 2. The molecule has 0 aromatic heterocycles.